The van der Waals surface area contributed by atoms with Gasteiger partial charge >= 0.3 is 5.69 Å². The quantitative estimate of drug-likeness (QED) is 0.663. The molecule has 2 fully saturated rings. The van der Waals surface area contributed by atoms with E-state index in [1.54, 1.807) is 6.92 Å². The molecule has 0 saturated carbocycles. The molecule has 0 amide bonds. The molecular weight excluding hydrogens is 240 g/mol. The average Bonchev–Trinajstić information content (AvgIpc) is 2.52. The van der Waals surface area contributed by atoms with Crippen LogP contribution in [0.5, 0.6) is 0 Å². The maximum absolute atomic E-state index is 11.8. The van der Waals surface area contributed by atoms with Crippen molar-refractivity contribution in [3.8, 4) is 0 Å². The number of nitrogens with zero attached hydrogens (tertiary/aromatic N) is 1. The molecule has 18 heavy (non-hydrogen) atoms. The average molecular weight is 254 g/mol. The highest BCUT2D eigenvalue weighted by molar-refractivity contribution is 5.03. The molecule has 2 bridgehead atoms. The van der Waals surface area contributed by atoms with Crippen LogP contribution < -0.4 is 11.2 Å². The van der Waals surface area contributed by atoms with Gasteiger partial charge in [0.15, 0.2) is 6.23 Å². The Labute approximate surface area is 102 Å². The van der Waals surface area contributed by atoms with Gasteiger partial charge in [0.05, 0.1) is 6.10 Å². The number of ether oxygens (including phenoxy) is 2. The van der Waals surface area contributed by atoms with Crippen molar-refractivity contribution in [1.82, 2.24) is 9.55 Å². The summed E-state index contributed by atoms with van der Waals surface area (Å²) in [7, 11) is 0. The van der Waals surface area contributed by atoms with Crippen molar-refractivity contribution >= 4 is 0 Å². The van der Waals surface area contributed by atoms with E-state index in [-0.39, 0.29) is 6.10 Å². The van der Waals surface area contributed by atoms with Crippen molar-refractivity contribution < 1.29 is 14.6 Å². The zero-order chi connectivity index (χ0) is 12.9. The molecule has 7 heteroatoms. The number of fused-ring (bicyclic) bond motifs is 2. The van der Waals surface area contributed by atoms with E-state index in [0.29, 0.717) is 18.6 Å². The first kappa shape index (κ1) is 11.6. The molecule has 2 aliphatic rings. The molecule has 3 heterocycles. The van der Waals surface area contributed by atoms with E-state index in [4.69, 9.17) is 9.47 Å². The number of hydrogen-bond donors (Lipinski definition) is 2. The van der Waals surface area contributed by atoms with Crippen LogP contribution in [0.15, 0.2) is 15.8 Å². The summed E-state index contributed by atoms with van der Waals surface area (Å²) < 4.78 is 12.3. The molecule has 7 nitrogen and oxygen atoms in total. The van der Waals surface area contributed by atoms with E-state index in [0.717, 1.165) is 0 Å². The fraction of sp³-hybridized carbons (Fsp3) is 0.636. The summed E-state index contributed by atoms with van der Waals surface area (Å²) in [6.07, 6.45) is -0.258. The third kappa shape index (κ3) is 1.63. The van der Waals surface area contributed by atoms with Gasteiger partial charge in [-0.3, -0.25) is 14.3 Å². The minimum absolute atomic E-state index is 0.312. The molecule has 2 aliphatic heterocycles. The predicted octanol–water partition coefficient (Wildman–Crippen LogP) is -1.11. The highest BCUT2D eigenvalue weighted by Crippen LogP contribution is 2.35. The van der Waals surface area contributed by atoms with E-state index < -0.39 is 29.7 Å². The zero-order valence-electron chi connectivity index (χ0n) is 9.83. The standard InChI is InChI=1S/C11H14N2O5/c1-5-4-13(11(16)12-9(5)15)10-8-7(14)6(18-10)2-3-17-8/h4,6-8,10,14H,2-3H2,1H3,(H,12,15,16)/t6-,7?,8?,10+/m0/s1. The second kappa shape index (κ2) is 4.04. The van der Waals surface area contributed by atoms with Gasteiger partial charge in [0.25, 0.3) is 5.56 Å². The lowest BCUT2D eigenvalue weighted by Gasteiger charge is -2.24. The van der Waals surface area contributed by atoms with E-state index in [9.17, 15) is 14.7 Å². The van der Waals surface area contributed by atoms with Gasteiger partial charge in [-0.15, -0.1) is 0 Å². The van der Waals surface area contributed by atoms with Crippen LogP contribution in [0, 0.1) is 6.92 Å². The van der Waals surface area contributed by atoms with Crippen molar-refractivity contribution in [2.75, 3.05) is 6.61 Å². The number of aliphatic hydroxyl groups is 1. The monoisotopic (exact) mass is 254 g/mol. The molecule has 3 rings (SSSR count). The Hall–Kier alpha value is -1.44. The topological polar surface area (TPSA) is 93.6 Å². The normalized spacial score (nSPS) is 34.8. The van der Waals surface area contributed by atoms with Crippen LogP contribution in [0.1, 0.15) is 18.2 Å². The minimum Gasteiger partial charge on any atom is -0.388 e. The number of H-pyrrole nitrogens is 1. The molecule has 0 spiro atoms. The van der Waals surface area contributed by atoms with Gasteiger partial charge in [-0.2, -0.15) is 0 Å². The van der Waals surface area contributed by atoms with E-state index >= 15 is 0 Å². The van der Waals surface area contributed by atoms with Crippen molar-refractivity contribution in [2.45, 2.75) is 37.9 Å². The van der Waals surface area contributed by atoms with Gasteiger partial charge in [0, 0.05) is 18.4 Å². The zero-order valence-corrected chi connectivity index (χ0v) is 9.83. The highest BCUT2D eigenvalue weighted by Gasteiger charge is 2.48. The van der Waals surface area contributed by atoms with Crippen molar-refractivity contribution in [1.29, 1.82) is 0 Å². The number of aryl methyl sites for hydroxylation is 1. The molecule has 0 radical (unpaired) electrons. The molecule has 0 aromatic carbocycles. The summed E-state index contributed by atoms with van der Waals surface area (Å²) in [5, 5.41) is 9.92. The van der Waals surface area contributed by atoms with Gasteiger partial charge in [-0.25, -0.2) is 4.79 Å². The molecular formula is C11H14N2O5. The second-order valence-electron chi connectivity index (χ2n) is 4.66. The molecule has 98 valence electrons. The lowest BCUT2D eigenvalue weighted by atomic mass is 10.1. The van der Waals surface area contributed by atoms with Crippen LogP contribution in [0.2, 0.25) is 0 Å². The van der Waals surface area contributed by atoms with Crippen LogP contribution in [0.3, 0.4) is 0 Å². The number of aliphatic hydroxyl groups excluding tert-OH is 1. The number of hydrogen-bond acceptors (Lipinski definition) is 5. The summed E-state index contributed by atoms with van der Waals surface area (Å²) >= 11 is 0. The van der Waals surface area contributed by atoms with Gasteiger partial charge in [-0.05, 0) is 13.3 Å². The Morgan fingerprint density at radius 1 is 1.50 bits per heavy atom. The third-order valence-electron chi connectivity index (χ3n) is 3.45. The summed E-state index contributed by atoms with van der Waals surface area (Å²) in [5.74, 6) is 0. The first-order valence-electron chi connectivity index (χ1n) is 5.85. The molecule has 0 aliphatic carbocycles. The fourth-order valence-electron chi connectivity index (χ4n) is 2.46. The Bertz CT molecular complexity index is 578. The number of nitrogens with one attached hydrogen (secondary N) is 1. The maximum atomic E-state index is 11.8. The van der Waals surface area contributed by atoms with Crippen LogP contribution >= 0.6 is 0 Å². The van der Waals surface area contributed by atoms with Crippen LogP contribution in [-0.4, -0.2) is 39.6 Å². The van der Waals surface area contributed by atoms with Crippen LogP contribution in [0.25, 0.3) is 0 Å². The predicted molar refractivity (Wildman–Crippen MR) is 60.3 cm³/mol. The molecule has 2 N–H and O–H groups in total. The van der Waals surface area contributed by atoms with Gasteiger partial charge in [0.2, 0.25) is 0 Å². The number of rotatable bonds is 1. The molecule has 1 aromatic rings. The van der Waals surface area contributed by atoms with Crippen molar-refractivity contribution in [2.24, 2.45) is 0 Å². The van der Waals surface area contributed by atoms with E-state index in [1.807, 2.05) is 0 Å². The Balaban J connectivity index is 2.04. The molecule has 1 aromatic heterocycles. The van der Waals surface area contributed by atoms with Crippen molar-refractivity contribution in [3.05, 3.63) is 32.6 Å². The van der Waals surface area contributed by atoms with Gasteiger partial charge in [-0.1, -0.05) is 0 Å². The number of aromatic nitrogens is 2. The second-order valence-corrected chi connectivity index (χ2v) is 4.66. The lowest BCUT2D eigenvalue weighted by molar-refractivity contribution is -0.0680. The maximum Gasteiger partial charge on any atom is 0.330 e. The summed E-state index contributed by atoms with van der Waals surface area (Å²) in [5.41, 5.74) is -0.563. The SMILES string of the molecule is Cc1cn([C@@H]2O[C@H]3CCOC2C3O)c(=O)[nH]c1=O. The third-order valence-corrected chi connectivity index (χ3v) is 3.45. The summed E-state index contributed by atoms with van der Waals surface area (Å²) in [6, 6.07) is 0. The molecule has 2 saturated heterocycles. The van der Waals surface area contributed by atoms with Crippen LogP contribution in [-0.2, 0) is 9.47 Å². The largest absolute Gasteiger partial charge is 0.388 e. The van der Waals surface area contributed by atoms with Gasteiger partial charge in [0.1, 0.15) is 12.2 Å². The van der Waals surface area contributed by atoms with Gasteiger partial charge < -0.3 is 14.6 Å². The lowest BCUT2D eigenvalue weighted by Crippen LogP contribution is -2.41. The Kier molecular flexibility index (Phi) is 2.61. The Morgan fingerprint density at radius 2 is 2.28 bits per heavy atom. The first-order chi connectivity index (χ1) is 8.58. The fourth-order valence-corrected chi connectivity index (χ4v) is 2.46. The first-order valence-corrected chi connectivity index (χ1v) is 5.85. The number of aromatic amines is 1. The molecule has 2 unspecified atom stereocenters. The summed E-state index contributed by atoms with van der Waals surface area (Å²) in [6.45, 7) is 2.10. The minimum atomic E-state index is -0.733. The summed E-state index contributed by atoms with van der Waals surface area (Å²) in [4.78, 5) is 25.3. The molecule has 4 atom stereocenters. The van der Waals surface area contributed by atoms with Crippen LogP contribution in [0.4, 0.5) is 0 Å². The smallest absolute Gasteiger partial charge is 0.330 e. The van der Waals surface area contributed by atoms with Crippen molar-refractivity contribution in [3.63, 3.8) is 0 Å². The van der Waals surface area contributed by atoms with E-state index in [2.05, 4.69) is 4.98 Å². The van der Waals surface area contributed by atoms with E-state index in [1.165, 1.54) is 10.8 Å². The Morgan fingerprint density at radius 3 is 3.00 bits per heavy atom. The highest BCUT2D eigenvalue weighted by atomic mass is 16.6.